The van der Waals surface area contributed by atoms with E-state index in [9.17, 15) is 9.59 Å². The number of carbonyl (C=O) groups excluding carboxylic acids is 1. The SMILES string of the molecule is CC(=O)Nc1nc2c(Br)ccc(C(=O)O)c2s1. The van der Waals surface area contributed by atoms with Gasteiger partial charge in [-0.15, -0.1) is 0 Å². The van der Waals surface area contributed by atoms with Crippen LogP contribution < -0.4 is 5.32 Å². The van der Waals surface area contributed by atoms with E-state index in [4.69, 9.17) is 5.11 Å². The van der Waals surface area contributed by atoms with E-state index in [0.29, 0.717) is 19.8 Å². The summed E-state index contributed by atoms with van der Waals surface area (Å²) in [4.78, 5) is 26.1. The Labute approximate surface area is 109 Å². The van der Waals surface area contributed by atoms with Gasteiger partial charge in [0.25, 0.3) is 0 Å². The van der Waals surface area contributed by atoms with Crippen LogP contribution in [0.15, 0.2) is 16.6 Å². The van der Waals surface area contributed by atoms with Crippen molar-refractivity contribution in [3.05, 3.63) is 22.2 Å². The fraction of sp³-hybridized carbons (Fsp3) is 0.100. The lowest BCUT2D eigenvalue weighted by Crippen LogP contribution is -2.04. The van der Waals surface area contributed by atoms with Crippen molar-refractivity contribution < 1.29 is 14.7 Å². The van der Waals surface area contributed by atoms with Gasteiger partial charge >= 0.3 is 5.97 Å². The summed E-state index contributed by atoms with van der Waals surface area (Å²) < 4.78 is 1.24. The van der Waals surface area contributed by atoms with Crippen LogP contribution in [0, 0.1) is 0 Å². The van der Waals surface area contributed by atoms with Crippen LogP contribution in [0.25, 0.3) is 10.2 Å². The third kappa shape index (κ3) is 2.29. The minimum Gasteiger partial charge on any atom is -0.478 e. The number of aromatic carboxylic acids is 1. The van der Waals surface area contributed by atoms with E-state index in [1.807, 2.05) is 0 Å². The summed E-state index contributed by atoms with van der Waals surface area (Å²) in [6.45, 7) is 1.37. The van der Waals surface area contributed by atoms with Crippen LogP contribution in [0.4, 0.5) is 5.13 Å². The van der Waals surface area contributed by atoms with Crippen LogP contribution in [0.3, 0.4) is 0 Å². The van der Waals surface area contributed by atoms with Crippen molar-refractivity contribution >= 4 is 54.5 Å². The number of hydrogen-bond donors (Lipinski definition) is 2. The number of benzene rings is 1. The summed E-state index contributed by atoms with van der Waals surface area (Å²) in [5, 5.41) is 12.0. The molecular weight excluding hydrogens is 308 g/mol. The molecule has 7 heteroatoms. The Bertz CT molecular complexity index is 623. The maximum absolute atomic E-state index is 11.0. The quantitative estimate of drug-likeness (QED) is 0.893. The predicted molar refractivity (Wildman–Crippen MR) is 68.6 cm³/mol. The van der Waals surface area contributed by atoms with Gasteiger partial charge in [0.05, 0.1) is 15.8 Å². The Kier molecular flexibility index (Phi) is 3.12. The number of carbonyl (C=O) groups is 2. The number of thiazole rings is 1. The van der Waals surface area contributed by atoms with E-state index >= 15 is 0 Å². The molecule has 0 unspecified atom stereocenters. The highest BCUT2D eigenvalue weighted by Gasteiger charge is 2.15. The number of carboxylic acid groups (broad SMARTS) is 1. The Hall–Kier alpha value is -1.47. The molecule has 5 nitrogen and oxygen atoms in total. The first-order valence-electron chi connectivity index (χ1n) is 4.59. The lowest BCUT2D eigenvalue weighted by molar-refractivity contribution is -0.114. The van der Waals surface area contributed by atoms with E-state index in [0.717, 1.165) is 11.3 Å². The van der Waals surface area contributed by atoms with Crippen LogP contribution in [-0.4, -0.2) is 22.0 Å². The molecule has 88 valence electrons. The third-order valence-electron chi connectivity index (χ3n) is 2.01. The highest BCUT2D eigenvalue weighted by Crippen LogP contribution is 2.33. The van der Waals surface area contributed by atoms with Gasteiger partial charge in [0.2, 0.25) is 5.91 Å². The van der Waals surface area contributed by atoms with Gasteiger partial charge in [-0.3, -0.25) is 4.79 Å². The fourth-order valence-electron chi connectivity index (χ4n) is 1.35. The van der Waals surface area contributed by atoms with Crippen molar-refractivity contribution in [3.63, 3.8) is 0 Å². The number of fused-ring (bicyclic) bond motifs is 1. The van der Waals surface area contributed by atoms with Crippen molar-refractivity contribution in [1.82, 2.24) is 4.98 Å². The number of rotatable bonds is 2. The van der Waals surface area contributed by atoms with Crippen LogP contribution in [0.2, 0.25) is 0 Å². The van der Waals surface area contributed by atoms with E-state index in [2.05, 4.69) is 26.2 Å². The van der Waals surface area contributed by atoms with E-state index in [-0.39, 0.29) is 11.5 Å². The predicted octanol–water partition coefficient (Wildman–Crippen LogP) is 2.72. The molecule has 2 aromatic rings. The maximum Gasteiger partial charge on any atom is 0.337 e. The van der Waals surface area contributed by atoms with Crippen molar-refractivity contribution in [2.24, 2.45) is 0 Å². The number of carboxylic acids is 1. The van der Waals surface area contributed by atoms with Crippen LogP contribution in [-0.2, 0) is 4.79 Å². The van der Waals surface area contributed by atoms with E-state index < -0.39 is 5.97 Å². The normalized spacial score (nSPS) is 10.5. The highest BCUT2D eigenvalue weighted by atomic mass is 79.9. The van der Waals surface area contributed by atoms with Crippen LogP contribution >= 0.6 is 27.3 Å². The summed E-state index contributed by atoms with van der Waals surface area (Å²) >= 11 is 4.44. The Morgan fingerprint density at radius 3 is 2.76 bits per heavy atom. The van der Waals surface area contributed by atoms with Crippen LogP contribution in [0.1, 0.15) is 17.3 Å². The Balaban J connectivity index is 2.65. The average molecular weight is 315 g/mol. The third-order valence-corrected chi connectivity index (χ3v) is 3.65. The van der Waals surface area contributed by atoms with Gasteiger partial charge in [-0.05, 0) is 28.1 Å². The minimum absolute atomic E-state index is 0.178. The smallest absolute Gasteiger partial charge is 0.337 e. The molecule has 0 aliphatic heterocycles. The lowest BCUT2D eigenvalue weighted by Gasteiger charge is -1.96. The second-order valence-corrected chi connectivity index (χ2v) is 5.13. The van der Waals surface area contributed by atoms with Gasteiger partial charge in [-0.1, -0.05) is 11.3 Å². The number of hydrogen-bond acceptors (Lipinski definition) is 4. The van der Waals surface area contributed by atoms with Gasteiger partial charge in [0.15, 0.2) is 5.13 Å². The highest BCUT2D eigenvalue weighted by molar-refractivity contribution is 9.10. The van der Waals surface area contributed by atoms with Crippen molar-refractivity contribution in [3.8, 4) is 0 Å². The largest absolute Gasteiger partial charge is 0.478 e. The molecule has 1 aromatic carbocycles. The average Bonchev–Trinajstić information content (AvgIpc) is 2.60. The van der Waals surface area contributed by atoms with Gasteiger partial charge < -0.3 is 10.4 Å². The molecule has 0 saturated heterocycles. The number of anilines is 1. The molecule has 0 aliphatic rings. The molecule has 1 aromatic heterocycles. The van der Waals surface area contributed by atoms with Gasteiger partial charge in [0, 0.05) is 11.4 Å². The maximum atomic E-state index is 11.0. The molecule has 2 rings (SSSR count). The zero-order valence-corrected chi connectivity index (χ0v) is 11.1. The number of amides is 1. The Morgan fingerprint density at radius 2 is 2.18 bits per heavy atom. The van der Waals surface area contributed by atoms with Gasteiger partial charge in [0.1, 0.15) is 0 Å². The minimum atomic E-state index is -1.01. The molecule has 0 aliphatic carbocycles. The summed E-state index contributed by atoms with van der Waals surface area (Å²) in [5.74, 6) is -1.25. The molecule has 0 radical (unpaired) electrons. The molecule has 1 heterocycles. The summed E-state index contributed by atoms with van der Waals surface area (Å²) in [7, 11) is 0. The lowest BCUT2D eigenvalue weighted by atomic mass is 10.2. The van der Waals surface area contributed by atoms with Crippen molar-refractivity contribution in [2.45, 2.75) is 6.92 Å². The number of nitrogens with zero attached hydrogens (tertiary/aromatic N) is 1. The first-order valence-corrected chi connectivity index (χ1v) is 6.20. The second-order valence-electron chi connectivity index (χ2n) is 3.28. The van der Waals surface area contributed by atoms with E-state index in [1.165, 1.54) is 13.0 Å². The molecular formula is C10H7BrN2O3S. The van der Waals surface area contributed by atoms with Crippen LogP contribution in [0.5, 0.6) is 0 Å². The molecule has 1 amide bonds. The molecule has 0 bridgehead atoms. The first kappa shape index (κ1) is 12.0. The number of aromatic nitrogens is 1. The van der Waals surface area contributed by atoms with Gasteiger partial charge in [-0.25, -0.2) is 9.78 Å². The number of nitrogens with one attached hydrogen (secondary N) is 1. The summed E-state index contributed by atoms with van der Waals surface area (Å²) in [6.07, 6.45) is 0. The van der Waals surface area contributed by atoms with Gasteiger partial charge in [-0.2, -0.15) is 0 Å². The molecule has 17 heavy (non-hydrogen) atoms. The molecule has 2 N–H and O–H groups in total. The standard InChI is InChI=1S/C10H7BrN2O3S/c1-4(14)12-10-13-7-6(11)3-2-5(9(15)16)8(7)17-10/h2-3H,1H3,(H,15,16)(H,12,13,14). The topological polar surface area (TPSA) is 79.3 Å². The monoisotopic (exact) mass is 314 g/mol. The second kappa shape index (κ2) is 4.42. The number of halogens is 1. The van der Waals surface area contributed by atoms with E-state index in [1.54, 1.807) is 6.07 Å². The summed E-state index contributed by atoms with van der Waals surface area (Å²) in [5.41, 5.74) is 0.718. The molecule has 0 atom stereocenters. The molecule has 0 spiro atoms. The van der Waals surface area contributed by atoms with Crippen molar-refractivity contribution in [1.29, 1.82) is 0 Å². The zero-order valence-electron chi connectivity index (χ0n) is 8.65. The first-order chi connectivity index (χ1) is 7.99. The summed E-state index contributed by atoms with van der Waals surface area (Å²) in [6, 6.07) is 3.13. The van der Waals surface area contributed by atoms with Crippen molar-refractivity contribution in [2.75, 3.05) is 5.32 Å². The fourth-order valence-corrected chi connectivity index (χ4v) is 2.94. The Morgan fingerprint density at radius 1 is 1.47 bits per heavy atom. The molecule has 0 saturated carbocycles. The zero-order chi connectivity index (χ0) is 12.6. The molecule has 0 fully saturated rings.